The molecule has 3 nitrogen and oxygen atoms in total. The van der Waals surface area contributed by atoms with Gasteiger partial charge in [0, 0.05) is 51.9 Å². The molecule has 0 aromatic carbocycles. The minimum Gasteiger partial charge on any atom is -0.264 e. The molecule has 0 aliphatic heterocycles. The summed E-state index contributed by atoms with van der Waals surface area (Å²) >= 11 is 0. The van der Waals surface area contributed by atoms with Crippen LogP contribution in [0.5, 0.6) is 0 Å². The highest BCUT2D eigenvalue weighted by atomic mass is 14.7. The Balaban J connectivity index is -0.000000585. The Kier molecular flexibility index (Phi) is 21.6. The van der Waals surface area contributed by atoms with Crippen molar-refractivity contribution in [2.24, 2.45) is 0 Å². The lowest BCUT2D eigenvalue weighted by Gasteiger charge is -2.23. The lowest BCUT2D eigenvalue weighted by molar-refractivity contribution is 0.531. The van der Waals surface area contributed by atoms with Gasteiger partial charge in [-0.2, -0.15) is 0 Å². The topological polar surface area (TPSA) is 38.7 Å². The summed E-state index contributed by atoms with van der Waals surface area (Å²) in [6.45, 7) is 51.8. The molecule has 0 bridgehead atoms. The van der Waals surface area contributed by atoms with Gasteiger partial charge in [0.05, 0.1) is 0 Å². The molecule has 0 aliphatic rings. The van der Waals surface area contributed by atoms with E-state index in [0.717, 1.165) is 0 Å². The molecule has 0 unspecified atom stereocenters. The van der Waals surface area contributed by atoms with Crippen LogP contribution in [0.3, 0.4) is 0 Å². The Hall–Kier alpha value is -2.55. The van der Waals surface area contributed by atoms with Crippen LogP contribution in [-0.4, -0.2) is 15.0 Å². The molecule has 0 fully saturated rings. The highest BCUT2D eigenvalue weighted by molar-refractivity contribution is 5.29. The van der Waals surface area contributed by atoms with E-state index in [1.165, 1.54) is 33.8 Å². The van der Waals surface area contributed by atoms with E-state index in [-0.39, 0.29) is 32.5 Å². The predicted molar refractivity (Wildman–Crippen MR) is 219 cm³/mol. The van der Waals surface area contributed by atoms with Gasteiger partial charge in [-0.1, -0.05) is 178 Å². The van der Waals surface area contributed by atoms with Crippen LogP contribution in [0.15, 0.2) is 55.0 Å². The zero-order valence-electron chi connectivity index (χ0n) is 36.5. The van der Waals surface area contributed by atoms with Gasteiger partial charge in [-0.05, 0) is 57.2 Å². The molecule has 48 heavy (non-hydrogen) atoms. The summed E-state index contributed by atoms with van der Waals surface area (Å²) in [6, 6.07) is 12.9. The molecule has 3 rings (SSSR count). The van der Waals surface area contributed by atoms with Crippen molar-refractivity contribution in [2.75, 3.05) is 0 Å². The highest BCUT2D eigenvalue weighted by Gasteiger charge is 2.21. The third-order valence-corrected chi connectivity index (χ3v) is 7.15. The third kappa shape index (κ3) is 19.4. The van der Waals surface area contributed by atoms with Gasteiger partial charge in [-0.25, -0.2) is 0 Å². The van der Waals surface area contributed by atoms with Gasteiger partial charge in [0.25, 0.3) is 0 Å². The second-order valence-electron chi connectivity index (χ2n) is 17.8. The van der Waals surface area contributed by atoms with Gasteiger partial charge in [0.15, 0.2) is 0 Å². The maximum absolute atomic E-state index is 4.72. The molecule has 0 atom stereocenters. The first-order valence-corrected chi connectivity index (χ1v) is 18.5. The summed E-state index contributed by atoms with van der Waals surface area (Å²) in [5.41, 5.74) is 8.50. The molecule has 0 radical (unpaired) electrons. The van der Waals surface area contributed by atoms with E-state index >= 15 is 0 Å². The summed E-state index contributed by atoms with van der Waals surface area (Å²) in [4.78, 5) is 13.5. The van der Waals surface area contributed by atoms with Gasteiger partial charge >= 0.3 is 0 Å². The molecule has 3 aromatic rings. The van der Waals surface area contributed by atoms with Crippen molar-refractivity contribution in [2.45, 2.75) is 199 Å². The van der Waals surface area contributed by atoms with Crippen molar-refractivity contribution in [1.29, 1.82) is 0 Å². The summed E-state index contributed by atoms with van der Waals surface area (Å²) in [6.07, 6.45) is 5.85. The molecular weight excluding hydrogens is 583 g/mol. The molecule has 3 heteroatoms. The molecule has 0 aliphatic carbocycles. The average Bonchev–Trinajstić information content (AvgIpc) is 2.99. The minimum atomic E-state index is 0.140. The normalized spacial score (nSPS) is 11.8. The molecule has 0 saturated carbocycles. The number of nitrogens with zero attached hydrogens (tertiary/aromatic N) is 3. The van der Waals surface area contributed by atoms with Crippen LogP contribution in [-0.2, 0) is 32.5 Å². The Morgan fingerprint density at radius 3 is 1.00 bits per heavy atom. The zero-order valence-corrected chi connectivity index (χ0v) is 36.5. The van der Waals surface area contributed by atoms with Crippen LogP contribution in [0.25, 0.3) is 0 Å². The first-order chi connectivity index (χ1) is 21.6. The highest BCUT2D eigenvalue weighted by Crippen LogP contribution is 2.29. The number of aromatic nitrogens is 3. The van der Waals surface area contributed by atoms with Crippen molar-refractivity contribution in [3.8, 4) is 0 Å². The number of hydrogen-bond acceptors (Lipinski definition) is 3. The minimum absolute atomic E-state index is 0.140. The fraction of sp³-hybridized carbons (Fsp3) is 0.667. The van der Waals surface area contributed by atoms with Gasteiger partial charge in [0.1, 0.15) is 0 Å². The quantitative estimate of drug-likeness (QED) is 0.240. The molecule has 0 saturated heterocycles. The maximum atomic E-state index is 4.72. The van der Waals surface area contributed by atoms with Gasteiger partial charge in [-0.15, -0.1) is 0 Å². The lowest BCUT2D eigenvalue weighted by Crippen LogP contribution is -2.19. The van der Waals surface area contributed by atoms with Crippen LogP contribution in [0.1, 0.15) is 200 Å². The molecule has 0 spiro atoms. The lowest BCUT2D eigenvalue weighted by atomic mass is 9.82. The Morgan fingerprint density at radius 1 is 0.375 bits per heavy atom. The summed E-state index contributed by atoms with van der Waals surface area (Å²) < 4.78 is 0. The van der Waals surface area contributed by atoms with E-state index in [4.69, 9.17) is 4.98 Å². The summed E-state index contributed by atoms with van der Waals surface area (Å²) in [5.74, 6) is 0. The smallest absolute Gasteiger partial charge is 0.0460 e. The van der Waals surface area contributed by atoms with Crippen LogP contribution in [0.4, 0.5) is 0 Å². The van der Waals surface area contributed by atoms with E-state index in [1.807, 2.05) is 60.1 Å². The van der Waals surface area contributed by atoms with Crippen LogP contribution in [0, 0.1) is 0 Å². The third-order valence-electron chi connectivity index (χ3n) is 7.15. The van der Waals surface area contributed by atoms with Crippen molar-refractivity contribution < 1.29 is 0 Å². The monoisotopic (exact) mass is 664 g/mol. The van der Waals surface area contributed by atoms with Crippen molar-refractivity contribution in [3.05, 3.63) is 88.8 Å². The standard InChI is InChI=1S/3C13H21N.3C2H6/c1-12(2,3)10-7-11(9-14-8-10)13(4,5)6;1-12(2,3)10-7-8-14-11(9-10)13(4,5)6;1-12(2,3)10-8-7-9-11(14-10)13(4,5)6;3*1-2/h3*7-9H,1-6H3;3*1-2H3. The van der Waals surface area contributed by atoms with Crippen molar-refractivity contribution >= 4 is 0 Å². The van der Waals surface area contributed by atoms with Gasteiger partial charge < -0.3 is 0 Å². The molecule has 3 aromatic heterocycles. The van der Waals surface area contributed by atoms with E-state index in [9.17, 15) is 0 Å². The van der Waals surface area contributed by atoms with E-state index in [0.29, 0.717) is 0 Å². The SMILES string of the molecule is CC.CC.CC.CC(C)(C)c1cccc(C(C)(C)C)n1.CC(C)(C)c1ccnc(C(C)(C)C)c1.CC(C)(C)c1cncc(C(C)(C)C)c1. The molecule has 0 amide bonds. The largest absolute Gasteiger partial charge is 0.264 e. The first-order valence-electron chi connectivity index (χ1n) is 18.5. The fourth-order valence-corrected chi connectivity index (χ4v) is 3.84. The molecule has 0 N–H and O–H groups in total. The zero-order chi connectivity index (χ0) is 38.9. The predicted octanol–water partition coefficient (Wildman–Crippen LogP) is 14.1. The number of pyridine rings is 3. The van der Waals surface area contributed by atoms with Crippen LogP contribution < -0.4 is 0 Å². The van der Waals surface area contributed by atoms with Crippen LogP contribution in [0.2, 0.25) is 0 Å². The second kappa shape index (κ2) is 20.8. The first kappa shape index (κ1) is 49.8. The maximum Gasteiger partial charge on any atom is 0.0460 e. The van der Waals surface area contributed by atoms with Gasteiger partial charge in [-0.3, -0.25) is 15.0 Å². The molecule has 276 valence electrons. The second-order valence-corrected chi connectivity index (χ2v) is 17.8. The summed E-state index contributed by atoms with van der Waals surface area (Å²) in [7, 11) is 0. The Labute approximate surface area is 301 Å². The fourth-order valence-electron chi connectivity index (χ4n) is 3.84. The van der Waals surface area contributed by atoms with Crippen LogP contribution >= 0.6 is 0 Å². The van der Waals surface area contributed by atoms with E-state index in [1.54, 1.807) is 0 Å². The number of rotatable bonds is 0. The number of hydrogen-bond donors (Lipinski definition) is 0. The van der Waals surface area contributed by atoms with E-state index < -0.39 is 0 Å². The van der Waals surface area contributed by atoms with Gasteiger partial charge in [0.2, 0.25) is 0 Å². The molecular formula is C45H81N3. The summed E-state index contributed by atoms with van der Waals surface area (Å²) in [5, 5.41) is 0. The average molecular weight is 664 g/mol. The van der Waals surface area contributed by atoms with Crippen molar-refractivity contribution in [1.82, 2.24) is 15.0 Å². The Morgan fingerprint density at radius 2 is 0.708 bits per heavy atom. The van der Waals surface area contributed by atoms with E-state index in [2.05, 4.69) is 171 Å². The van der Waals surface area contributed by atoms with Crippen molar-refractivity contribution in [3.63, 3.8) is 0 Å². The molecule has 3 heterocycles. The Bertz CT molecular complexity index is 1010.